The highest BCUT2D eigenvalue weighted by molar-refractivity contribution is 4.70. The van der Waals surface area contributed by atoms with Crippen molar-refractivity contribution in [2.45, 2.75) is 81.1 Å². The summed E-state index contributed by atoms with van der Waals surface area (Å²) in [4.78, 5) is 0. The van der Waals surface area contributed by atoms with Crippen molar-refractivity contribution in [3.63, 3.8) is 0 Å². The lowest BCUT2D eigenvalue weighted by Gasteiger charge is -2.27. The standard InChI is InChI=1S/C18H38/c1-13(2)17(14(3)4)11-9-10-12-18(15(5)6)16(7)8/h13-18H,9-12H2,1-8H3. The first-order chi connectivity index (χ1) is 8.27. The molecule has 0 atom stereocenters. The summed E-state index contributed by atoms with van der Waals surface area (Å²) < 4.78 is 0. The lowest BCUT2D eigenvalue weighted by molar-refractivity contribution is 0.237. The van der Waals surface area contributed by atoms with Gasteiger partial charge in [-0.3, -0.25) is 0 Å². The summed E-state index contributed by atoms with van der Waals surface area (Å²) in [6.07, 6.45) is 5.71. The second kappa shape index (κ2) is 8.99. The Balaban J connectivity index is 3.96. The second-order valence-corrected chi connectivity index (χ2v) is 7.59. The monoisotopic (exact) mass is 254 g/mol. The molecule has 0 radical (unpaired) electrons. The molecule has 0 saturated carbocycles. The van der Waals surface area contributed by atoms with E-state index in [0.717, 1.165) is 35.5 Å². The van der Waals surface area contributed by atoms with E-state index in [9.17, 15) is 0 Å². The Labute approximate surface area is 117 Å². The van der Waals surface area contributed by atoms with E-state index in [4.69, 9.17) is 0 Å². The van der Waals surface area contributed by atoms with Gasteiger partial charge in [0.25, 0.3) is 0 Å². The van der Waals surface area contributed by atoms with Crippen LogP contribution in [0.1, 0.15) is 81.1 Å². The third kappa shape index (κ3) is 6.81. The fraction of sp³-hybridized carbons (Fsp3) is 1.00. The van der Waals surface area contributed by atoms with E-state index in [1.54, 1.807) is 0 Å². The SMILES string of the molecule is CC(C)C(CCCCC(C(C)C)C(C)C)C(C)C. The molecule has 0 aromatic heterocycles. The second-order valence-electron chi connectivity index (χ2n) is 7.59. The molecule has 0 rings (SSSR count). The Morgan fingerprint density at radius 3 is 0.833 bits per heavy atom. The van der Waals surface area contributed by atoms with Gasteiger partial charge in [0, 0.05) is 0 Å². The van der Waals surface area contributed by atoms with E-state index in [1.807, 2.05) is 0 Å². The number of hydrogen-bond donors (Lipinski definition) is 0. The molecule has 0 heterocycles. The Morgan fingerprint density at radius 1 is 0.444 bits per heavy atom. The first-order valence-corrected chi connectivity index (χ1v) is 8.27. The van der Waals surface area contributed by atoms with Crippen molar-refractivity contribution in [3.05, 3.63) is 0 Å². The highest BCUT2D eigenvalue weighted by atomic mass is 14.2. The van der Waals surface area contributed by atoms with Gasteiger partial charge in [0.2, 0.25) is 0 Å². The molecule has 110 valence electrons. The minimum Gasteiger partial charge on any atom is -0.0625 e. The Kier molecular flexibility index (Phi) is 8.99. The maximum Gasteiger partial charge on any atom is -0.0368 e. The zero-order chi connectivity index (χ0) is 14.3. The average Bonchev–Trinajstić information content (AvgIpc) is 2.20. The molecule has 0 nitrogen and oxygen atoms in total. The van der Waals surface area contributed by atoms with Crippen LogP contribution in [0.4, 0.5) is 0 Å². The maximum atomic E-state index is 2.38. The van der Waals surface area contributed by atoms with Crippen LogP contribution < -0.4 is 0 Å². The van der Waals surface area contributed by atoms with Crippen molar-refractivity contribution >= 4 is 0 Å². The molecule has 0 fully saturated rings. The van der Waals surface area contributed by atoms with Gasteiger partial charge in [-0.15, -0.1) is 0 Å². The Bertz CT molecular complexity index is 150. The van der Waals surface area contributed by atoms with Crippen LogP contribution in [0.5, 0.6) is 0 Å². The maximum absolute atomic E-state index is 2.38. The molecule has 0 aliphatic rings. The number of unbranched alkanes of at least 4 members (excludes halogenated alkanes) is 1. The minimum absolute atomic E-state index is 0.844. The summed E-state index contributed by atoms with van der Waals surface area (Å²) in [7, 11) is 0. The van der Waals surface area contributed by atoms with Gasteiger partial charge in [-0.25, -0.2) is 0 Å². The van der Waals surface area contributed by atoms with Crippen molar-refractivity contribution in [2.75, 3.05) is 0 Å². The summed E-state index contributed by atoms with van der Waals surface area (Å²) in [5, 5.41) is 0. The van der Waals surface area contributed by atoms with Gasteiger partial charge < -0.3 is 0 Å². The van der Waals surface area contributed by atoms with Gasteiger partial charge in [0.05, 0.1) is 0 Å². The van der Waals surface area contributed by atoms with E-state index in [2.05, 4.69) is 55.4 Å². The molecule has 0 aromatic rings. The van der Waals surface area contributed by atoms with Crippen molar-refractivity contribution < 1.29 is 0 Å². The van der Waals surface area contributed by atoms with Gasteiger partial charge in [-0.1, -0.05) is 68.2 Å². The van der Waals surface area contributed by atoms with E-state index in [-0.39, 0.29) is 0 Å². The summed E-state index contributed by atoms with van der Waals surface area (Å²) >= 11 is 0. The molecule has 0 saturated heterocycles. The van der Waals surface area contributed by atoms with Gasteiger partial charge in [-0.2, -0.15) is 0 Å². The topological polar surface area (TPSA) is 0 Å². The van der Waals surface area contributed by atoms with Gasteiger partial charge in [0.15, 0.2) is 0 Å². The van der Waals surface area contributed by atoms with Gasteiger partial charge in [-0.05, 0) is 48.3 Å². The van der Waals surface area contributed by atoms with Crippen LogP contribution in [0.3, 0.4) is 0 Å². The normalized spacial score (nSPS) is 13.0. The molecule has 0 heteroatoms. The first-order valence-electron chi connectivity index (χ1n) is 8.27. The molecular formula is C18H38. The zero-order valence-corrected chi connectivity index (χ0v) is 14.3. The van der Waals surface area contributed by atoms with E-state index < -0.39 is 0 Å². The lowest BCUT2D eigenvalue weighted by Crippen LogP contribution is -2.17. The van der Waals surface area contributed by atoms with Crippen LogP contribution in [0.15, 0.2) is 0 Å². The predicted octanol–water partition coefficient (Wildman–Crippen LogP) is 6.40. The lowest BCUT2D eigenvalue weighted by atomic mass is 9.79. The van der Waals surface area contributed by atoms with Gasteiger partial charge >= 0.3 is 0 Å². The van der Waals surface area contributed by atoms with E-state index >= 15 is 0 Å². The third-order valence-corrected chi connectivity index (χ3v) is 4.75. The molecule has 0 spiro atoms. The number of hydrogen-bond acceptors (Lipinski definition) is 0. The van der Waals surface area contributed by atoms with Crippen molar-refractivity contribution in [1.29, 1.82) is 0 Å². The number of rotatable bonds is 9. The van der Waals surface area contributed by atoms with E-state index in [0.29, 0.717) is 0 Å². The van der Waals surface area contributed by atoms with Crippen LogP contribution in [0.25, 0.3) is 0 Å². The minimum atomic E-state index is 0.844. The fourth-order valence-electron chi connectivity index (χ4n) is 3.63. The summed E-state index contributed by atoms with van der Waals surface area (Å²) in [6.45, 7) is 19.1. The highest BCUT2D eigenvalue weighted by Gasteiger charge is 2.19. The summed E-state index contributed by atoms with van der Waals surface area (Å²) in [6, 6.07) is 0. The summed E-state index contributed by atoms with van der Waals surface area (Å²) in [5.74, 6) is 5.21. The molecule has 0 aliphatic heterocycles. The van der Waals surface area contributed by atoms with E-state index in [1.165, 1.54) is 25.7 Å². The largest absolute Gasteiger partial charge is 0.0625 e. The summed E-state index contributed by atoms with van der Waals surface area (Å²) in [5.41, 5.74) is 0. The molecular weight excluding hydrogens is 216 g/mol. The first kappa shape index (κ1) is 18.0. The van der Waals surface area contributed by atoms with Crippen molar-refractivity contribution in [1.82, 2.24) is 0 Å². The van der Waals surface area contributed by atoms with Crippen molar-refractivity contribution in [2.24, 2.45) is 35.5 Å². The van der Waals surface area contributed by atoms with Crippen molar-refractivity contribution in [3.8, 4) is 0 Å². The van der Waals surface area contributed by atoms with Crippen LogP contribution >= 0.6 is 0 Å². The average molecular weight is 255 g/mol. The zero-order valence-electron chi connectivity index (χ0n) is 14.3. The molecule has 0 aromatic carbocycles. The van der Waals surface area contributed by atoms with Crippen LogP contribution in [0, 0.1) is 35.5 Å². The van der Waals surface area contributed by atoms with Crippen LogP contribution in [-0.2, 0) is 0 Å². The molecule has 0 aliphatic carbocycles. The Morgan fingerprint density at radius 2 is 0.667 bits per heavy atom. The quantitative estimate of drug-likeness (QED) is 0.417. The third-order valence-electron chi connectivity index (χ3n) is 4.75. The molecule has 0 bridgehead atoms. The highest BCUT2D eigenvalue weighted by Crippen LogP contribution is 2.29. The van der Waals surface area contributed by atoms with Gasteiger partial charge in [0.1, 0.15) is 0 Å². The predicted molar refractivity (Wildman–Crippen MR) is 84.8 cm³/mol. The Hall–Kier alpha value is 0. The fourth-order valence-corrected chi connectivity index (χ4v) is 3.63. The van der Waals surface area contributed by atoms with Crippen LogP contribution in [0.2, 0.25) is 0 Å². The smallest absolute Gasteiger partial charge is 0.0368 e. The molecule has 0 N–H and O–H groups in total. The molecule has 0 unspecified atom stereocenters. The molecule has 0 amide bonds. The van der Waals surface area contributed by atoms with Crippen LogP contribution in [-0.4, -0.2) is 0 Å². The molecule has 18 heavy (non-hydrogen) atoms.